The molecule has 0 bridgehead atoms. The molecule has 0 fully saturated rings. The number of ether oxygens (including phenoxy) is 3. The van der Waals surface area contributed by atoms with Gasteiger partial charge in [-0.05, 0) is 18.2 Å². The van der Waals surface area contributed by atoms with Gasteiger partial charge < -0.3 is 24.3 Å². The Morgan fingerprint density at radius 1 is 1.03 bits per heavy atom. The molecule has 0 atom stereocenters. The van der Waals surface area contributed by atoms with Crippen LogP contribution in [0.3, 0.4) is 0 Å². The van der Waals surface area contributed by atoms with E-state index in [2.05, 4.69) is 14.4 Å². The number of rotatable bonds is 7. The molecule has 0 radical (unpaired) electrons. The van der Waals surface area contributed by atoms with Crippen molar-refractivity contribution in [2.24, 2.45) is 0 Å². The Bertz CT molecular complexity index is 1250. The summed E-state index contributed by atoms with van der Waals surface area (Å²) in [6.45, 7) is 0. The number of hydrogen-bond acceptors (Lipinski definition) is 7. The number of nitrogens with one attached hydrogen (secondary N) is 2. The van der Waals surface area contributed by atoms with Crippen molar-refractivity contribution < 1.29 is 37.3 Å². The number of aromatic nitrogens is 1. The van der Waals surface area contributed by atoms with E-state index in [9.17, 15) is 23.1 Å². The van der Waals surface area contributed by atoms with Crippen molar-refractivity contribution in [1.29, 1.82) is 0 Å². The molecule has 3 N–H and O–H groups in total. The highest BCUT2D eigenvalue weighted by Gasteiger charge is 2.27. The van der Waals surface area contributed by atoms with Gasteiger partial charge in [-0.25, -0.2) is 18.0 Å². The van der Waals surface area contributed by atoms with Crippen LogP contribution in [0.4, 0.5) is 5.69 Å². The third-order valence-electron chi connectivity index (χ3n) is 4.33. The highest BCUT2D eigenvalue weighted by atomic mass is 32.2. The van der Waals surface area contributed by atoms with Crippen molar-refractivity contribution in [2.75, 3.05) is 26.1 Å². The summed E-state index contributed by atoms with van der Waals surface area (Å²) in [6, 6.07) is 8.36. The van der Waals surface area contributed by atoms with Crippen LogP contribution in [-0.2, 0) is 14.8 Å². The molecule has 2 aromatic carbocycles. The minimum atomic E-state index is -4.36. The maximum atomic E-state index is 13.1. The number of benzene rings is 2. The Labute approximate surface area is 171 Å². The lowest BCUT2D eigenvalue weighted by atomic mass is 10.2. The van der Waals surface area contributed by atoms with E-state index in [0.29, 0.717) is 11.3 Å². The molecule has 0 saturated heterocycles. The summed E-state index contributed by atoms with van der Waals surface area (Å²) in [5, 5.41) is 9.81. The summed E-state index contributed by atoms with van der Waals surface area (Å²) < 4.78 is 43.4. The van der Waals surface area contributed by atoms with E-state index in [0.717, 1.165) is 7.11 Å². The molecule has 0 saturated carbocycles. The first kappa shape index (κ1) is 21.0. The Morgan fingerprint density at radius 2 is 1.67 bits per heavy atom. The second-order valence-corrected chi connectivity index (χ2v) is 7.68. The quantitative estimate of drug-likeness (QED) is 0.481. The lowest BCUT2D eigenvalue weighted by Gasteiger charge is -2.12. The van der Waals surface area contributed by atoms with Gasteiger partial charge in [0.05, 0.1) is 38.1 Å². The van der Waals surface area contributed by atoms with Crippen molar-refractivity contribution >= 4 is 38.6 Å². The zero-order valence-corrected chi connectivity index (χ0v) is 17.0. The SMILES string of the molecule is COC(=O)c1ccccc1S(=O)(=O)Nc1c(C(=O)O)[nH]c2cc(OC)c(OC)cc12. The molecule has 10 nitrogen and oxygen atoms in total. The van der Waals surface area contributed by atoms with Gasteiger partial charge in [-0.3, -0.25) is 4.72 Å². The van der Waals surface area contributed by atoms with Crippen LogP contribution in [0.1, 0.15) is 20.8 Å². The number of carbonyl (C=O) groups is 2. The van der Waals surface area contributed by atoms with Crippen LogP contribution in [0.5, 0.6) is 11.5 Å². The first-order valence-electron chi connectivity index (χ1n) is 8.44. The maximum Gasteiger partial charge on any atom is 0.354 e. The third-order valence-corrected chi connectivity index (χ3v) is 5.74. The molecule has 0 unspecified atom stereocenters. The largest absolute Gasteiger partial charge is 0.493 e. The normalized spacial score (nSPS) is 11.2. The zero-order chi connectivity index (χ0) is 22.1. The van der Waals surface area contributed by atoms with Gasteiger partial charge in [0.1, 0.15) is 10.6 Å². The molecule has 0 amide bonds. The molecule has 1 aromatic heterocycles. The van der Waals surface area contributed by atoms with Crippen molar-refractivity contribution in [3.63, 3.8) is 0 Å². The first-order chi connectivity index (χ1) is 14.2. The number of methoxy groups -OCH3 is 3. The van der Waals surface area contributed by atoms with E-state index >= 15 is 0 Å². The van der Waals surface area contributed by atoms with E-state index in [1.165, 1.54) is 50.6 Å². The van der Waals surface area contributed by atoms with Crippen LogP contribution in [0, 0.1) is 0 Å². The number of anilines is 1. The van der Waals surface area contributed by atoms with E-state index in [1.807, 2.05) is 0 Å². The fourth-order valence-corrected chi connectivity index (χ4v) is 4.25. The molecule has 3 aromatic rings. The monoisotopic (exact) mass is 434 g/mol. The van der Waals surface area contributed by atoms with E-state index in [4.69, 9.17) is 9.47 Å². The summed E-state index contributed by atoms with van der Waals surface area (Å²) in [7, 11) is -0.423. The predicted molar refractivity (Wildman–Crippen MR) is 107 cm³/mol. The highest BCUT2D eigenvalue weighted by molar-refractivity contribution is 7.92. The highest BCUT2D eigenvalue weighted by Crippen LogP contribution is 2.38. The topological polar surface area (TPSA) is 144 Å². The number of hydrogen-bond donors (Lipinski definition) is 3. The zero-order valence-electron chi connectivity index (χ0n) is 16.2. The number of carboxylic acid groups (broad SMARTS) is 1. The van der Waals surface area contributed by atoms with Crippen LogP contribution in [-0.4, -0.2) is 51.8 Å². The first-order valence-corrected chi connectivity index (χ1v) is 9.93. The summed E-state index contributed by atoms with van der Waals surface area (Å²) >= 11 is 0. The number of carboxylic acids is 1. The van der Waals surface area contributed by atoms with Crippen molar-refractivity contribution in [2.45, 2.75) is 4.90 Å². The van der Waals surface area contributed by atoms with E-state index in [-0.39, 0.29) is 33.0 Å². The molecule has 1 heterocycles. The Balaban J connectivity index is 2.21. The third kappa shape index (κ3) is 3.62. The molecule has 3 rings (SSSR count). The van der Waals surface area contributed by atoms with Crippen molar-refractivity contribution in [3.05, 3.63) is 47.7 Å². The van der Waals surface area contributed by atoms with Crippen molar-refractivity contribution in [3.8, 4) is 11.5 Å². The molecule has 0 aliphatic heterocycles. The minimum Gasteiger partial charge on any atom is -0.493 e. The number of aromatic carboxylic acids is 1. The van der Waals surface area contributed by atoms with Crippen LogP contribution in [0.15, 0.2) is 41.3 Å². The van der Waals surface area contributed by atoms with Crippen LogP contribution < -0.4 is 14.2 Å². The smallest absolute Gasteiger partial charge is 0.354 e. The lowest BCUT2D eigenvalue weighted by Crippen LogP contribution is -2.18. The fraction of sp³-hybridized carbons (Fsp3) is 0.158. The Hall–Kier alpha value is -3.73. The van der Waals surface area contributed by atoms with Gasteiger partial charge in [0.2, 0.25) is 0 Å². The second kappa shape index (κ2) is 7.95. The lowest BCUT2D eigenvalue weighted by molar-refractivity contribution is 0.0595. The van der Waals surface area contributed by atoms with Gasteiger partial charge in [-0.2, -0.15) is 0 Å². The van der Waals surface area contributed by atoms with Gasteiger partial charge in [0.15, 0.2) is 11.5 Å². The van der Waals surface area contributed by atoms with Crippen molar-refractivity contribution in [1.82, 2.24) is 4.98 Å². The minimum absolute atomic E-state index is 0.191. The molecular formula is C19H18N2O8S. The summed E-state index contributed by atoms with van der Waals surface area (Å²) in [5.41, 5.74) is -0.481. The number of esters is 1. The van der Waals surface area contributed by atoms with Gasteiger partial charge >= 0.3 is 11.9 Å². The number of sulfonamides is 1. The summed E-state index contributed by atoms with van der Waals surface area (Å²) in [4.78, 5) is 26.0. The Morgan fingerprint density at radius 3 is 2.27 bits per heavy atom. The molecular weight excluding hydrogens is 416 g/mol. The Kier molecular flexibility index (Phi) is 5.56. The van der Waals surface area contributed by atoms with E-state index < -0.39 is 22.0 Å². The molecule has 0 aliphatic carbocycles. The number of H-pyrrole nitrogens is 1. The second-order valence-electron chi connectivity index (χ2n) is 6.03. The van der Waals surface area contributed by atoms with Crippen LogP contribution >= 0.6 is 0 Å². The van der Waals surface area contributed by atoms with Gasteiger partial charge in [0.25, 0.3) is 10.0 Å². The predicted octanol–water partition coefficient (Wildman–Crippen LogP) is 2.47. The maximum absolute atomic E-state index is 13.1. The van der Waals surface area contributed by atoms with Gasteiger partial charge in [0, 0.05) is 11.5 Å². The molecule has 11 heteroatoms. The summed E-state index contributed by atoms with van der Waals surface area (Å²) in [5.74, 6) is -1.63. The average molecular weight is 434 g/mol. The van der Waals surface area contributed by atoms with Crippen LogP contribution in [0.2, 0.25) is 0 Å². The molecule has 0 spiro atoms. The van der Waals surface area contributed by atoms with Gasteiger partial charge in [-0.1, -0.05) is 12.1 Å². The number of fused-ring (bicyclic) bond motifs is 1. The molecule has 158 valence electrons. The molecule has 0 aliphatic rings. The van der Waals surface area contributed by atoms with Gasteiger partial charge in [-0.15, -0.1) is 0 Å². The average Bonchev–Trinajstić information content (AvgIpc) is 3.09. The van der Waals surface area contributed by atoms with E-state index in [1.54, 1.807) is 0 Å². The number of carbonyl (C=O) groups excluding carboxylic acids is 1. The molecule has 30 heavy (non-hydrogen) atoms. The number of aromatic amines is 1. The summed E-state index contributed by atoms with van der Waals surface area (Å²) in [6.07, 6.45) is 0. The van der Waals surface area contributed by atoms with Crippen LogP contribution in [0.25, 0.3) is 10.9 Å². The standard InChI is InChI=1S/C19H18N2O8S/c1-27-13-8-11-12(9-14(13)28-2)20-17(18(22)23)16(11)21-30(25,26)15-7-5-4-6-10(15)19(24)29-3/h4-9,20-21H,1-3H3,(H,22,23). The fourth-order valence-electron chi connectivity index (χ4n) is 2.96.